The number of fused-ring (bicyclic) bond motifs is 3. The Morgan fingerprint density at radius 1 is 1.06 bits per heavy atom. The van der Waals surface area contributed by atoms with E-state index in [0.29, 0.717) is 5.56 Å². The number of nitrogens with zero attached hydrogens (tertiary/aromatic N) is 2. The SMILES string of the molecule is Cn1ncc(CNC(=O)OCC2c3ccccc3-c3ccccc32)c1C(=O)NC(C)(C)CC(=O)O. The van der Waals surface area contributed by atoms with Gasteiger partial charge in [0.2, 0.25) is 0 Å². The molecule has 0 radical (unpaired) electrons. The molecule has 182 valence electrons. The normalized spacial score (nSPS) is 12.5. The summed E-state index contributed by atoms with van der Waals surface area (Å²) in [7, 11) is 1.61. The van der Waals surface area contributed by atoms with E-state index in [9.17, 15) is 14.4 Å². The Bertz CT molecular complexity index is 1230. The summed E-state index contributed by atoms with van der Waals surface area (Å²) >= 11 is 0. The van der Waals surface area contributed by atoms with Gasteiger partial charge in [0.25, 0.3) is 5.91 Å². The number of carbonyl (C=O) groups is 3. The van der Waals surface area contributed by atoms with E-state index < -0.39 is 23.5 Å². The van der Waals surface area contributed by atoms with Crippen molar-refractivity contribution in [2.75, 3.05) is 6.61 Å². The van der Waals surface area contributed by atoms with Gasteiger partial charge in [-0.2, -0.15) is 5.10 Å². The molecule has 0 atom stereocenters. The van der Waals surface area contributed by atoms with Gasteiger partial charge in [0.1, 0.15) is 12.3 Å². The van der Waals surface area contributed by atoms with E-state index in [4.69, 9.17) is 9.84 Å². The van der Waals surface area contributed by atoms with Crippen LogP contribution in [0.3, 0.4) is 0 Å². The second-order valence-electron chi connectivity index (χ2n) is 9.23. The number of carbonyl (C=O) groups excluding carboxylic acids is 2. The predicted molar refractivity (Wildman–Crippen MR) is 129 cm³/mol. The van der Waals surface area contributed by atoms with Crippen LogP contribution in [0.5, 0.6) is 0 Å². The second-order valence-corrected chi connectivity index (χ2v) is 9.23. The number of hydrogen-bond acceptors (Lipinski definition) is 5. The van der Waals surface area contributed by atoms with Crippen molar-refractivity contribution in [3.8, 4) is 11.1 Å². The summed E-state index contributed by atoms with van der Waals surface area (Å²) in [6.45, 7) is 3.48. The number of carboxylic acid groups (broad SMARTS) is 1. The summed E-state index contributed by atoms with van der Waals surface area (Å²) in [4.78, 5) is 36.4. The summed E-state index contributed by atoms with van der Waals surface area (Å²) in [6, 6.07) is 16.2. The zero-order chi connectivity index (χ0) is 25.2. The summed E-state index contributed by atoms with van der Waals surface area (Å²) in [5.41, 5.74) is 4.31. The molecule has 0 fully saturated rings. The molecule has 0 saturated carbocycles. The fourth-order valence-corrected chi connectivity index (χ4v) is 4.51. The fourth-order valence-electron chi connectivity index (χ4n) is 4.51. The third-order valence-electron chi connectivity index (χ3n) is 6.04. The minimum Gasteiger partial charge on any atom is -0.481 e. The standard InChI is InChI=1S/C26H28N4O5/c1-26(2,12-22(31)32)29-24(33)23-16(14-28-30(23)3)13-27-25(34)35-15-21-19-10-6-4-8-17(19)18-9-5-7-11-20(18)21/h4-11,14,21H,12-13,15H2,1-3H3,(H,27,34)(H,29,33)(H,31,32). The van der Waals surface area contributed by atoms with E-state index in [1.54, 1.807) is 20.9 Å². The smallest absolute Gasteiger partial charge is 0.407 e. The van der Waals surface area contributed by atoms with Crippen LogP contribution >= 0.6 is 0 Å². The molecule has 2 amide bonds. The Hall–Kier alpha value is -4.14. The predicted octanol–water partition coefficient (Wildman–Crippen LogP) is 3.44. The van der Waals surface area contributed by atoms with Gasteiger partial charge in [-0.05, 0) is 36.1 Å². The minimum atomic E-state index is -1.02. The number of carboxylic acids is 1. The first-order chi connectivity index (χ1) is 16.7. The van der Waals surface area contributed by atoms with Crippen molar-refractivity contribution in [1.29, 1.82) is 0 Å². The van der Waals surface area contributed by atoms with Gasteiger partial charge in [0, 0.05) is 24.1 Å². The van der Waals surface area contributed by atoms with Crippen molar-refractivity contribution in [2.45, 2.75) is 38.3 Å². The molecule has 1 aliphatic rings. The number of nitrogens with one attached hydrogen (secondary N) is 2. The molecule has 1 aliphatic carbocycles. The maximum Gasteiger partial charge on any atom is 0.407 e. The highest BCUT2D eigenvalue weighted by molar-refractivity contribution is 5.94. The third-order valence-corrected chi connectivity index (χ3v) is 6.04. The summed E-state index contributed by atoms with van der Waals surface area (Å²) in [5, 5.41) is 18.6. The first-order valence-electron chi connectivity index (χ1n) is 11.3. The number of aryl methyl sites for hydroxylation is 1. The number of hydrogen-bond donors (Lipinski definition) is 3. The number of ether oxygens (including phenoxy) is 1. The van der Waals surface area contributed by atoms with Crippen LogP contribution in [0.15, 0.2) is 54.7 Å². The molecule has 1 aromatic heterocycles. The average Bonchev–Trinajstić information content (AvgIpc) is 3.32. The first kappa shape index (κ1) is 24.0. The number of rotatable bonds is 8. The van der Waals surface area contributed by atoms with Crippen molar-refractivity contribution in [3.63, 3.8) is 0 Å². The van der Waals surface area contributed by atoms with E-state index in [1.165, 1.54) is 10.9 Å². The second kappa shape index (κ2) is 9.61. The molecular formula is C26H28N4O5. The quantitative estimate of drug-likeness (QED) is 0.458. The van der Waals surface area contributed by atoms with Gasteiger partial charge in [-0.15, -0.1) is 0 Å². The number of amides is 2. The van der Waals surface area contributed by atoms with Crippen molar-refractivity contribution in [2.24, 2.45) is 7.05 Å². The van der Waals surface area contributed by atoms with Gasteiger partial charge in [-0.25, -0.2) is 4.79 Å². The molecule has 0 unspecified atom stereocenters. The van der Waals surface area contributed by atoms with E-state index >= 15 is 0 Å². The Labute approximate surface area is 203 Å². The van der Waals surface area contributed by atoms with Crippen LogP contribution in [0.4, 0.5) is 4.79 Å². The van der Waals surface area contributed by atoms with Crippen LogP contribution in [0.25, 0.3) is 11.1 Å². The lowest BCUT2D eigenvalue weighted by Gasteiger charge is -2.24. The number of aromatic nitrogens is 2. The highest BCUT2D eigenvalue weighted by Crippen LogP contribution is 2.44. The third kappa shape index (κ3) is 5.18. The lowest BCUT2D eigenvalue weighted by atomic mass is 9.98. The molecule has 9 nitrogen and oxygen atoms in total. The molecule has 4 rings (SSSR count). The van der Waals surface area contributed by atoms with Crippen LogP contribution in [0.2, 0.25) is 0 Å². The van der Waals surface area contributed by atoms with Crippen molar-refractivity contribution in [1.82, 2.24) is 20.4 Å². The zero-order valence-corrected chi connectivity index (χ0v) is 19.9. The molecule has 9 heteroatoms. The van der Waals surface area contributed by atoms with Gasteiger partial charge in [0.05, 0.1) is 19.2 Å². The van der Waals surface area contributed by atoms with Crippen LogP contribution in [-0.2, 0) is 23.1 Å². The molecule has 35 heavy (non-hydrogen) atoms. The van der Waals surface area contributed by atoms with Crippen LogP contribution in [0, 0.1) is 0 Å². The molecule has 0 bridgehead atoms. The Balaban J connectivity index is 1.38. The lowest BCUT2D eigenvalue weighted by Crippen LogP contribution is -2.45. The molecule has 0 aliphatic heterocycles. The topological polar surface area (TPSA) is 123 Å². The number of benzene rings is 2. The van der Waals surface area contributed by atoms with Crippen LogP contribution in [-0.4, -0.2) is 45.0 Å². The molecule has 3 aromatic rings. The van der Waals surface area contributed by atoms with Crippen LogP contribution < -0.4 is 10.6 Å². The highest BCUT2D eigenvalue weighted by atomic mass is 16.5. The first-order valence-corrected chi connectivity index (χ1v) is 11.3. The van der Waals surface area contributed by atoms with E-state index in [-0.39, 0.29) is 31.2 Å². The Morgan fingerprint density at radius 3 is 2.26 bits per heavy atom. The van der Waals surface area contributed by atoms with E-state index in [1.807, 2.05) is 36.4 Å². The largest absolute Gasteiger partial charge is 0.481 e. The molecule has 3 N–H and O–H groups in total. The summed E-state index contributed by atoms with van der Waals surface area (Å²) < 4.78 is 6.94. The van der Waals surface area contributed by atoms with E-state index in [2.05, 4.69) is 27.9 Å². The minimum absolute atomic E-state index is 0.0344. The Kier molecular flexibility index (Phi) is 6.59. The van der Waals surface area contributed by atoms with Crippen molar-refractivity contribution in [3.05, 3.63) is 77.1 Å². The molecular weight excluding hydrogens is 448 g/mol. The van der Waals surface area contributed by atoms with Gasteiger partial charge in [0.15, 0.2) is 0 Å². The fraction of sp³-hybridized carbons (Fsp3) is 0.308. The van der Waals surface area contributed by atoms with Crippen molar-refractivity contribution < 1.29 is 24.2 Å². The lowest BCUT2D eigenvalue weighted by molar-refractivity contribution is -0.138. The molecule has 1 heterocycles. The summed E-state index contributed by atoms with van der Waals surface area (Å²) in [6.07, 6.45) is 0.653. The monoisotopic (exact) mass is 476 g/mol. The van der Waals surface area contributed by atoms with Gasteiger partial charge >= 0.3 is 12.1 Å². The number of aliphatic carboxylic acids is 1. The maximum absolute atomic E-state index is 12.8. The van der Waals surface area contributed by atoms with Gasteiger partial charge in [-0.1, -0.05) is 48.5 Å². The average molecular weight is 477 g/mol. The van der Waals surface area contributed by atoms with Crippen molar-refractivity contribution >= 4 is 18.0 Å². The van der Waals surface area contributed by atoms with Gasteiger partial charge in [-0.3, -0.25) is 14.3 Å². The zero-order valence-electron chi connectivity index (χ0n) is 19.9. The molecule has 0 spiro atoms. The van der Waals surface area contributed by atoms with Crippen LogP contribution in [0.1, 0.15) is 53.4 Å². The molecule has 0 saturated heterocycles. The highest BCUT2D eigenvalue weighted by Gasteiger charge is 2.30. The summed E-state index contributed by atoms with van der Waals surface area (Å²) in [5.74, 6) is -1.54. The number of alkyl carbamates (subject to hydrolysis) is 1. The van der Waals surface area contributed by atoms with Gasteiger partial charge < -0.3 is 20.5 Å². The van der Waals surface area contributed by atoms with E-state index in [0.717, 1.165) is 22.3 Å². The maximum atomic E-state index is 12.8. The Morgan fingerprint density at radius 2 is 1.66 bits per heavy atom. The molecule has 2 aromatic carbocycles.